The number of hydrogen-bond acceptors (Lipinski definition) is 3. The van der Waals surface area contributed by atoms with E-state index in [0.29, 0.717) is 6.54 Å². The molecule has 0 aromatic carbocycles. The Morgan fingerprint density at radius 2 is 1.94 bits per heavy atom. The Kier molecular flexibility index (Phi) is 3.39. The third-order valence-corrected chi connectivity index (χ3v) is 3.30. The van der Waals surface area contributed by atoms with Gasteiger partial charge in [0.25, 0.3) is 0 Å². The van der Waals surface area contributed by atoms with Crippen molar-refractivity contribution in [3.05, 3.63) is 23.9 Å². The van der Waals surface area contributed by atoms with Gasteiger partial charge in [0.2, 0.25) is 5.91 Å². The third-order valence-electron chi connectivity index (χ3n) is 3.30. The summed E-state index contributed by atoms with van der Waals surface area (Å²) in [6.07, 6.45) is 1.88. The number of nitrogens with zero attached hydrogens (tertiary/aromatic N) is 3. The van der Waals surface area contributed by atoms with Crippen LogP contribution in [-0.2, 0) is 10.2 Å². The number of carbonyl (C=O) groups is 1. The van der Waals surface area contributed by atoms with Crippen molar-refractivity contribution in [1.29, 1.82) is 0 Å². The van der Waals surface area contributed by atoms with E-state index >= 15 is 0 Å². The van der Waals surface area contributed by atoms with E-state index in [1.165, 1.54) is 5.56 Å². The van der Waals surface area contributed by atoms with Crippen LogP contribution in [-0.4, -0.2) is 42.5 Å². The summed E-state index contributed by atoms with van der Waals surface area (Å²) >= 11 is 0. The molecule has 1 aromatic heterocycles. The lowest BCUT2D eigenvalue weighted by molar-refractivity contribution is -0.120. The van der Waals surface area contributed by atoms with E-state index in [0.717, 1.165) is 18.9 Å². The molecular weight excluding hydrogens is 226 g/mol. The maximum absolute atomic E-state index is 11.9. The van der Waals surface area contributed by atoms with Crippen molar-refractivity contribution < 1.29 is 4.79 Å². The monoisotopic (exact) mass is 247 g/mol. The average molecular weight is 247 g/mol. The molecule has 1 aromatic rings. The highest BCUT2D eigenvalue weighted by molar-refractivity contribution is 5.94. The number of carbonyl (C=O) groups excluding carboxylic acids is 1. The SMILES string of the molecule is CN1CCN(c2ccc(C(C)(C)C)cn2)C(=O)C1. The first-order valence-electron chi connectivity index (χ1n) is 6.33. The quantitative estimate of drug-likeness (QED) is 0.757. The highest BCUT2D eigenvalue weighted by Crippen LogP contribution is 2.23. The van der Waals surface area contributed by atoms with Crippen LogP contribution in [0.3, 0.4) is 0 Å². The van der Waals surface area contributed by atoms with Gasteiger partial charge in [-0.3, -0.25) is 14.6 Å². The van der Waals surface area contributed by atoms with E-state index in [2.05, 4.69) is 31.8 Å². The van der Waals surface area contributed by atoms with E-state index in [1.807, 2.05) is 24.2 Å². The number of anilines is 1. The minimum Gasteiger partial charge on any atom is -0.296 e. The van der Waals surface area contributed by atoms with E-state index < -0.39 is 0 Å². The smallest absolute Gasteiger partial charge is 0.242 e. The lowest BCUT2D eigenvalue weighted by Crippen LogP contribution is -2.49. The fraction of sp³-hybridized carbons (Fsp3) is 0.571. The molecule has 2 rings (SSSR count). The van der Waals surface area contributed by atoms with Crippen molar-refractivity contribution >= 4 is 11.7 Å². The van der Waals surface area contributed by atoms with Crippen molar-refractivity contribution in [2.75, 3.05) is 31.6 Å². The van der Waals surface area contributed by atoms with Crippen molar-refractivity contribution in [1.82, 2.24) is 9.88 Å². The third kappa shape index (κ3) is 2.70. The fourth-order valence-electron chi connectivity index (χ4n) is 2.02. The molecule has 1 fully saturated rings. The minimum atomic E-state index is 0.0949. The first-order chi connectivity index (χ1) is 8.38. The molecule has 0 saturated carbocycles. The van der Waals surface area contributed by atoms with Gasteiger partial charge in [-0.05, 0) is 24.1 Å². The molecule has 18 heavy (non-hydrogen) atoms. The zero-order valence-corrected chi connectivity index (χ0v) is 11.6. The molecule has 1 saturated heterocycles. The van der Waals surface area contributed by atoms with Gasteiger partial charge in [-0.25, -0.2) is 4.98 Å². The molecule has 0 N–H and O–H groups in total. The van der Waals surface area contributed by atoms with Gasteiger partial charge in [-0.1, -0.05) is 26.8 Å². The van der Waals surface area contributed by atoms with Crippen LogP contribution in [0, 0.1) is 0 Å². The molecule has 1 aliphatic rings. The lowest BCUT2D eigenvalue weighted by Gasteiger charge is -2.31. The maximum atomic E-state index is 11.9. The normalized spacial score (nSPS) is 18.2. The highest BCUT2D eigenvalue weighted by Gasteiger charge is 2.24. The van der Waals surface area contributed by atoms with E-state index in [9.17, 15) is 4.79 Å². The number of piperazine rings is 1. The van der Waals surface area contributed by atoms with E-state index in [4.69, 9.17) is 0 Å². The van der Waals surface area contributed by atoms with Crippen LogP contribution >= 0.6 is 0 Å². The summed E-state index contributed by atoms with van der Waals surface area (Å²) in [4.78, 5) is 20.2. The van der Waals surface area contributed by atoms with Gasteiger partial charge in [0, 0.05) is 19.3 Å². The van der Waals surface area contributed by atoms with Gasteiger partial charge in [0.1, 0.15) is 5.82 Å². The Morgan fingerprint density at radius 3 is 2.44 bits per heavy atom. The predicted molar refractivity (Wildman–Crippen MR) is 72.8 cm³/mol. The second kappa shape index (κ2) is 4.69. The van der Waals surface area contributed by atoms with Crippen molar-refractivity contribution in [3.8, 4) is 0 Å². The number of amides is 1. The highest BCUT2D eigenvalue weighted by atomic mass is 16.2. The average Bonchev–Trinajstić information content (AvgIpc) is 2.28. The molecule has 0 spiro atoms. The van der Waals surface area contributed by atoms with E-state index in [-0.39, 0.29) is 11.3 Å². The van der Waals surface area contributed by atoms with Gasteiger partial charge < -0.3 is 0 Å². The van der Waals surface area contributed by atoms with Crippen LogP contribution < -0.4 is 4.90 Å². The first-order valence-corrected chi connectivity index (χ1v) is 6.33. The summed E-state index contributed by atoms with van der Waals surface area (Å²) < 4.78 is 0. The zero-order valence-electron chi connectivity index (χ0n) is 11.6. The molecule has 0 atom stereocenters. The summed E-state index contributed by atoms with van der Waals surface area (Å²) in [5, 5.41) is 0. The van der Waals surface area contributed by atoms with Crippen LogP contribution in [0.4, 0.5) is 5.82 Å². The van der Waals surface area contributed by atoms with Crippen LogP contribution in [0.2, 0.25) is 0 Å². The molecule has 2 heterocycles. The summed E-state index contributed by atoms with van der Waals surface area (Å²) in [5.74, 6) is 0.890. The topological polar surface area (TPSA) is 36.4 Å². The molecular formula is C14H21N3O. The molecule has 0 radical (unpaired) electrons. The van der Waals surface area contributed by atoms with Crippen LogP contribution in [0.25, 0.3) is 0 Å². The molecule has 0 aliphatic carbocycles. The summed E-state index contributed by atoms with van der Waals surface area (Å²) in [5.41, 5.74) is 1.28. The second-order valence-corrected chi connectivity index (χ2v) is 5.94. The second-order valence-electron chi connectivity index (χ2n) is 5.94. The van der Waals surface area contributed by atoms with Gasteiger partial charge in [-0.15, -0.1) is 0 Å². The number of hydrogen-bond donors (Lipinski definition) is 0. The van der Waals surface area contributed by atoms with Gasteiger partial charge >= 0.3 is 0 Å². The molecule has 0 unspecified atom stereocenters. The standard InChI is InChI=1S/C14H21N3O/c1-14(2,3)11-5-6-12(15-9-11)17-8-7-16(4)10-13(17)18/h5-6,9H,7-8,10H2,1-4H3. The molecule has 1 amide bonds. The zero-order chi connectivity index (χ0) is 13.3. The first kappa shape index (κ1) is 13.0. The fourth-order valence-corrected chi connectivity index (χ4v) is 2.02. The summed E-state index contributed by atoms with van der Waals surface area (Å²) in [6, 6.07) is 4.01. The summed E-state index contributed by atoms with van der Waals surface area (Å²) in [6.45, 7) is 8.56. The minimum absolute atomic E-state index is 0.0949. The lowest BCUT2D eigenvalue weighted by atomic mass is 9.88. The van der Waals surface area contributed by atoms with Gasteiger partial charge in [0.15, 0.2) is 0 Å². The number of rotatable bonds is 1. The van der Waals surface area contributed by atoms with Crippen molar-refractivity contribution in [2.45, 2.75) is 26.2 Å². The Bertz CT molecular complexity index is 433. The molecule has 4 heteroatoms. The Hall–Kier alpha value is -1.42. The molecule has 4 nitrogen and oxygen atoms in total. The van der Waals surface area contributed by atoms with Crippen molar-refractivity contribution in [3.63, 3.8) is 0 Å². The van der Waals surface area contributed by atoms with Crippen LogP contribution in [0.5, 0.6) is 0 Å². The Balaban J connectivity index is 2.17. The van der Waals surface area contributed by atoms with Crippen LogP contribution in [0.15, 0.2) is 18.3 Å². The maximum Gasteiger partial charge on any atom is 0.242 e. The van der Waals surface area contributed by atoms with Crippen molar-refractivity contribution in [2.24, 2.45) is 0 Å². The molecule has 1 aliphatic heterocycles. The Labute approximate surface area is 109 Å². The molecule has 98 valence electrons. The number of likely N-dealkylation sites (N-methyl/N-ethyl adjacent to an activating group) is 1. The predicted octanol–water partition coefficient (Wildman–Crippen LogP) is 1.66. The van der Waals surface area contributed by atoms with Gasteiger partial charge in [-0.2, -0.15) is 0 Å². The summed E-state index contributed by atoms with van der Waals surface area (Å²) in [7, 11) is 1.96. The van der Waals surface area contributed by atoms with E-state index in [1.54, 1.807) is 4.90 Å². The molecule has 0 bridgehead atoms. The largest absolute Gasteiger partial charge is 0.296 e. The number of pyridine rings is 1. The van der Waals surface area contributed by atoms with Crippen LogP contribution in [0.1, 0.15) is 26.3 Å². The number of aromatic nitrogens is 1. The van der Waals surface area contributed by atoms with Gasteiger partial charge in [0.05, 0.1) is 6.54 Å². The Morgan fingerprint density at radius 1 is 1.22 bits per heavy atom.